The molecular weight excluding hydrogens is 402 g/mol. The Kier molecular flexibility index (Phi) is 8.01. The zero-order valence-corrected chi connectivity index (χ0v) is 16.9. The van der Waals surface area contributed by atoms with Gasteiger partial charge in [-0.1, -0.05) is 42.5 Å². The van der Waals surface area contributed by atoms with E-state index in [-0.39, 0.29) is 12.3 Å². The van der Waals surface area contributed by atoms with Crippen LogP contribution in [0.15, 0.2) is 29.2 Å². The molecule has 1 aromatic carbocycles. The summed E-state index contributed by atoms with van der Waals surface area (Å²) in [5.74, 6) is -1.66. The zero-order chi connectivity index (χ0) is 20.7. The van der Waals surface area contributed by atoms with Crippen LogP contribution >= 0.6 is 24.0 Å². The molecule has 150 valence electrons. The van der Waals surface area contributed by atoms with E-state index in [9.17, 15) is 14.4 Å². The van der Waals surface area contributed by atoms with Gasteiger partial charge in [-0.25, -0.2) is 4.79 Å². The first kappa shape index (κ1) is 21.9. The lowest BCUT2D eigenvalue weighted by Gasteiger charge is -2.13. The molecule has 0 aliphatic carbocycles. The summed E-state index contributed by atoms with van der Waals surface area (Å²) < 4.78 is 5.82. The summed E-state index contributed by atoms with van der Waals surface area (Å²) in [5.41, 5.74) is 0.706. The van der Waals surface area contributed by atoms with Crippen LogP contribution in [-0.2, 0) is 14.4 Å². The normalized spacial score (nSPS) is 16.5. The molecule has 1 aromatic rings. The highest BCUT2D eigenvalue weighted by Gasteiger charge is 2.31. The van der Waals surface area contributed by atoms with Crippen LogP contribution in [0.5, 0.6) is 5.75 Å². The van der Waals surface area contributed by atoms with Gasteiger partial charge in [-0.2, -0.15) is 0 Å². The summed E-state index contributed by atoms with van der Waals surface area (Å²) in [7, 11) is 0. The van der Waals surface area contributed by atoms with Crippen molar-refractivity contribution in [2.75, 3.05) is 6.54 Å². The lowest BCUT2D eigenvalue weighted by Crippen LogP contribution is -2.29. The fourth-order valence-electron chi connectivity index (χ4n) is 2.50. The lowest BCUT2D eigenvalue weighted by molar-refractivity contribution is -0.144. The number of thiocarbonyl (C=S) groups is 1. The molecule has 1 unspecified atom stereocenters. The van der Waals surface area contributed by atoms with Crippen molar-refractivity contribution in [3.8, 4) is 5.75 Å². The standard InChI is InChI=1S/C19H21NO6S2/c1-12(18(24)25)26-14-7-5-6-13(10-14)11-15-17(23)20(19(27)28-15)9-4-2-3-8-16(21)22/h5-7,10-12H,2-4,8-9H2,1H3,(H,21,22)(H,24,25)/b15-11-. The van der Waals surface area contributed by atoms with Crippen LogP contribution in [0.1, 0.15) is 38.2 Å². The van der Waals surface area contributed by atoms with Crippen LogP contribution < -0.4 is 4.74 Å². The van der Waals surface area contributed by atoms with Gasteiger partial charge in [0.1, 0.15) is 10.1 Å². The van der Waals surface area contributed by atoms with Gasteiger partial charge >= 0.3 is 11.9 Å². The van der Waals surface area contributed by atoms with Crippen molar-refractivity contribution < 1.29 is 29.3 Å². The number of rotatable bonds is 10. The van der Waals surface area contributed by atoms with Crippen molar-refractivity contribution in [2.45, 2.75) is 38.7 Å². The number of benzene rings is 1. The molecule has 9 heteroatoms. The second-order valence-electron chi connectivity index (χ2n) is 6.21. The fourth-order valence-corrected chi connectivity index (χ4v) is 3.81. The number of aliphatic carboxylic acids is 2. The molecule has 1 aliphatic heterocycles. The maximum atomic E-state index is 12.6. The van der Waals surface area contributed by atoms with E-state index in [2.05, 4.69) is 0 Å². The topological polar surface area (TPSA) is 104 Å². The van der Waals surface area contributed by atoms with Gasteiger partial charge in [0.05, 0.1) is 4.91 Å². The van der Waals surface area contributed by atoms with E-state index in [0.717, 1.165) is 0 Å². The first-order valence-corrected chi connectivity index (χ1v) is 9.97. The van der Waals surface area contributed by atoms with Gasteiger partial charge in [0.2, 0.25) is 0 Å². The molecule has 1 atom stereocenters. The number of carboxylic acids is 2. The Labute approximate surface area is 172 Å². The molecule has 28 heavy (non-hydrogen) atoms. The van der Waals surface area contributed by atoms with Crippen LogP contribution in [0.4, 0.5) is 0 Å². The molecular formula is C19H21NO6S2. The number of carboxylic acid groups (broad SMARTS) is 2. The van der Waals surface area contributed by atoms with E-state index in [4.69, 9.17) is 27.2 Å². The number of carbonyl (C=O) groups is 3. The van der Waals surface area contributed by atoms with Crippen LogP contribution in [0.2, 0.25) is 0 Å². The molecule has 0 bridgehead atoms. The van der Waals surface area contributed by atoms with Gasteiger partial charge in [-0.3, -0.25) is 14.5 Å². The van der Waals surface area contributed by atoms with E-state index in [0.29, 0.717) is 46.3 Å². The smallest absolute Gasteiger partial charge is 0.344 e. The van der Waals surface area contributed by atoms with E-state index in [1.54, 1.807) is 30.3 Å². The molecule has 1 fully saturated rings. The van der Waals surface area contributed by atoms with E-state index in [1.807, 2.05) is 0 Å². The van der Waals surface area contributed by atoms with Crippen molar-refractivity contribution in [3.05, 3.63) is 34.7 Å². The van der Waals surface area contributed by atoms with Crippen LogP contribution in [0.3, 0.4) is 0 Å². The number of hydrogen-bond acceptors (Lipinski definition) is 6. The molecule has 0 spiro atoms. The van der Waals surface area contributed by atoms with E-state index < -0.39 is 18.0 Å². The van der Waals surface area contributed by atoms with Crippen LogP contribution in [0.25, 0.3) is 6.08 Å². The summed E-state index contributed by atoms with van der Waals surface area (Å²) in [5, 5.41) is 17.6. The van der Waals surface area contributed by atoms with Crippen molar-refractivity contribution in [1.82, 2.24) is 4.90 Å². The Hall–Kier alpha value is -2.39. The monoisotopic (exact) mass is 423 g/mol. The molecule has 1 aliphatic rings. The molecule has 0 saturated carbocycles. The molecule has 7 nitrogen and oxygen atoms in total. The molecule has 0 aromatic heterocycles. The van der Waals surface area contributed by atoms with Crippen LogP contribution in [-0.4, -0.2) is 49.9 Å². The first-order valence-electron chi connectivity index (χ1n) is 8.74. The number of unbranched alkanes of at least 4 members (excludes halogenated alkanes) is 2. The Morgan fingerprint density at radius 2 is 2.04 bits per heavy atom. The Morgan fingerprint density at radius 3 is 2.71 bits per heavy atom. The van der Waals surface area contributed by atoms with Gasteiger partial charge < -0.3 is 14.9 Å². The average Bonchev–Trinajstić information content (AvgIpc) is 2.88. The predicted molar refractivity (Wildman–Crippen MR) is 110 cm³/mol. The third-order valence-corrected chi connectivity index (χ3v) is 5.34. The minimum absolute atomic E-state index is 0.122. The summed E-state index contributed by atoms with van der Waals surface area (Å²) in [6, 6.07) is 6.83. The predicted octanol–water partition coefficient (Wildman–Crippen LogP) is 3.38. The number of thioether (sulfide) groups is 1. The van der Waals surface area contributed by atoms with Crippen LogP contribution in [0, 0.1) is 0 Å². The highest BCUT2D eigenvalue weighted by Crippen LogP contribution is 2.33. The summed E-state index contributed by atoms with van der Waals surface area (Å²) in [6.07, 6.45) is 2.81. The first-order chi connectivity index (χ1) is 13.3. The number of amides is 1. The maximum absolute atomic E-state index is 12.6. The minimum atomic E-state index is -1.06. The van der Waals surface area contributed by atoms with Crippen molar-refractivity contribution in [2.24, 2.45) is 0 Å². The number of hydrogen-bond donors (Lipinski definition) is 2. The number of ether oxygens (including phenoxy) is 1. The number of carbonyl (C=O) groups excluding carboxylic acids is 1. The summed E-state index contributed by atoms with van der Waals surface area (Å²) in [4.78, 5) is 36.0. The largest absolute Gasteiger partial charge is 0.481 e. The highest BCUT2D eigenvalue weighted by atomic mass is 32.2. The Bertz CT molecular complexity index is 807. The SMILES string of the molecule is CC(Oc1cccc(/C=C2\SC(=S)N(CCCCCC(=O)O)C2=O)c1)C(=O)O. The summed E-state index contributed by atoms with van der Waals surface area (Å²) in [6.45, 7) is 1.90. The van der Waals surface area contributed by atoms with Gasteiger partial charge in [0.25, 0.3) is 5.91 Å². The Morgan fingerprint density at radius 1 is 1.29 bits per heavy atom. The maximum Gasteiger partial charge on any atom is 0.344 e. The third kappa shape index (κ3) is 6.35. The van der Waals surface area contributed by atoms with Crippen molar-refractivity contribution in [3.63, 3.8) is 0 Å². The fraction of sp³-hybridized carbons (Fsp3) is 0.368. The van der Waals surface area contributed by atoms with Crippen molar-refractivity contribution >= 4 is 52.2 Å². The summed E-state index contributed by atoms with van der Waals surface area (Å²) >= 11 is 6.49. The van der Waals surface area contributed by atoms with E-state index in [1.165, 1.54) is 23.6 Å². The lowest BCUT2D eigenvalue weighted by atomic mass is 10.2. The van der Waals surface area contributed by atoms with Gasteiger partial charge in [-0.05, 0) is 43.5 Å². The van der Waals surface area contributed by atoms with Crippen molar-refractivity contribution in [1.29, 1.82) is 0 Å². The minimum Gasteiger partial charge on any atom is -0.481 e. The molecule has 0 radical (unpaired) electrons. The molecule has 1 saturated heterocycles. The Balaban J connectivity index is 1.99. The van der Waals surface area contributed by atoms with Gasteiger partial charge in [0.15, 0.2) is 6.10 Å². The van der Waals surface area contributed by atoms with Gasteiger partial charge in [0, 0.05) is 13.0 Å². The zero-order valence-electron chi connectivity index (χ0n) is 15.3. The average molecular weight is 424 g/mol. The highest BCUT2D eigenvalue weighted by molar-refractivity contribution is 8.26. The number of nitrogens with zero attached hydrogens (tertiary/aromatic N) is 1. The second kappa shape index (κ2) is 10.2. The molecule has 2 N–H and O–H groups in total. The third-order valence-electron chi connectivity index (χ3n) is 3.96. The van der Waals surface area contributed by atoms with E-state index >= 15 is 0 Å². The van der Waals surface area contributed by atoms with Gasteiger partial charge in [-0.15, -0.1) is 0 Å². The molecule has 1 amide bonds. The second-order valence-corrected chi connectivity index (χ2v) is 7.88. The quantitative estimate of drug-likeness (QED) is 0.335. The molecule has 1 heterocycles. The molecule has 2 rings (SSSR count).